The van der Waals surface area contributed by atoms with E-state index < -0.39 is 0 Å². The third-order valence-electron chi connectivity index (χ3n) is 5.33. The molecule has 0 aliphatic heterocycles. The minimum atomic E-state index is -0.368. The summed E-state index contributed by atoms with van der Waals surface area (Å²) in [6.45, 7) is 0.595. The molecule has 1 aliphatic carbocycles. The van der Waals surface area contributed by atoms with E-state index in [0.717, 1.165) is 40.5 Å². The van der Waals surface area contributed by atoms with Crippen LogP contribution in [0.1, 0.15) is 24.0 Å². The summed E-state index contributed by atoms with van der Waals surface area (Å²) in [5.74, 6) is 1.00. The van der Waals surface area contributed by atoms with Crippen molar-refractivity contribution in [2.24, 2.45) is 0 Å². The van der Waals surface area contributed by atoms with Crippen molar-refractivity contribution in [2.45, 2.75) is 24.8 Å². The molecule has 2 aromatic carbocycles. The van der Waals surface area contributed by atoms with Crippen molar-refractivity contribution in [3.8, 4) is 5.75 Å². The van der Waals surface area contributed by atoms with Gasteiger partial charge in [-0.25, -0.2) is 0 Å². The lowest BCUT2D eigenvalue weighted by Crippen LogP contribution is -2.36. The number of benzene rings is 2. The zero-order valence-corrected chi connectivity index (χ0v) is 15.1. The normalized spacial score (nSPS) is 14.8. The van der Waals surface area contributed by atoms with Crippen LogP contribution in [0.4, 0.5) is 0 Å². The van der Waals surface area contributed by atoms with Crippen LogP contribution >= 0.6 is 0 Å². The molecular formula is C22H22N2O2. The first-order valence-corrected chi connectivity index (χ1v) is 8.86. The number of carbonyl (C=O) groups is 1. The average Bonchev–Trinajstić information content (AvgIpc) is 3.49. The molecule has 1 aliphatic rings. The van der Waals surface area contributed by atoms with E-state index in [1.54, 1.807) is 13.3 Å². The van der Waals surface area contributed by atoms with Gasteiger partial charge < -0.3 is 9.64 Å². The Labute approximate surface area is 153 Å². The third kappa shape index (κ3) is 2.81. The molecule has 4 nitrogen and oxygen atoms in total. The van der Waals surface area contributed by atoms with Crippen LogP contribution in [0.5, 0.6) is 5.75 Å². The average molecular weight is 346 g/mol. The number of hydrogen-bond acceptors (Lipinski definition) is 3. The topological polar surface area (TPSA) is 42.4 Å². The molecule has 0 radical (unpaired) electrons. The van der Waals surface area contributed by atoms with Crippen LogP contribution in [0.25, 0.3) is 10.8 Å². The van der Waals surface area contributed by atoms with E-state index in [2.05, 4.69) is 11.1 Å². The zero-order valence-electron chi connectivity index (χ0n) is 15.1. The van der Waals surface area contributed by atoms with E-state index in [4.69, 9.17) is 4.74 Å². The van der Waals surface area contributed by atoms with E-state index in [9.17, 15) is 4.79 Å². The number of hydrogen-bond donors (Lipinski definition) is 0. The number of rotatable bonds is 5. The molecule has 0 unspecified atom stereocenters. The van der Waals surface area contributed by atoms with Crippen molar-refractivity contribution in [1.82, 2.24) is 9.88 Å². The highest BCUT2D eigenvalue weighted by Crippen LogP contribution is 2.50. The standard InChI is InChI=1S/C22H22N2O2/c1-24(15-17-5-3-4-16-14-23-13-10-20(16)17)21(25)22(11-12-22)18-6-8-19(26-2)9-7-18/h3-10,13-14H,11-12,15H2,1-2H3. The predicted octanol–water partition coefficient (Wildman–Crippen LogP) is 3.93. The molecule has 0 atom stereocenters. The molecule has 1 fully saturated rings. The second-order valence-corrected chi connectivity index (χ2v) is 6.99. The van der Waals surface area contributed by atoms with Gasteiger partial charge in [0.25, 0.3) is 0 Å². The van der Waals surface area contributed by atoms with Crippen molar-refractivity contribution < 1.29 is 9.53 Å². The Morgan fingerprint density at radius 2 is 1.92 bits per heavy atom. The molecular weight excluding hydrogens is 324 g/mol. The van der Waals surface area contributed by atoms with Crippen LogP contribution in [0.3, 0.4) is 0 Å². The van der Waals surface area contributed by atoms with Crippen molar-refractivity contribution >= 4 is 16.7 Å². The second-order valence-electron chi connectivity index (χ2n) is 6.99. The summed E-state index contributed by atoms with van der Waals surface area (Å²) in [5.41, 5.74) is 1.86. The number of methoxy groups -OCH3 is 1. The van der Waals surface area contributed by atoms with Crippen LogP contribution in [0.2, 0.25) is 0 Å². The maximum atomic E-state index is 13.2. The Balaban J connectivity index is 1.57. The van der Waals surface area contributed by atoms with Crippen molar-refractivity contribution in [2.75, 3.05) is 14.2 Å². The Hall–Kier alpha value is -2.88. The molecule has 1 heterocycles. The van der Waals surface area contributed by atoms with E-state index in [0.29, 0.717) is 6.54 Å². The predicted molar refractivity (Wildman–Crippen MR) is 102 cm³/mol. The van der Waals surface area contributed by atoms with Gasteiger partial charge in [-0.3, -0.25) is 9.78 Å². The van der Waals surface area contributed by atoms with Crippen molar-refractivity contribution in [1.29, 1.82) is 0 Å². The number of aromatic nitrogens is 1. The third-order valence-corrected chi connectivity index (χ3v) is 5.33. The van der Waals surface area contributed by atoms with Gasteiger partial charge >= 0.3 is 0 Å². The van der Waals surface area contributed by atoms with Crippen LogP contribution in [0, 0.1) is 0 Å². The number of likely N-dealkylation sites (N-methyl/N-ethyl adjacent to an activating group) is 1. The maximum Gasteiger partial charge on any atom is 0.233 e. The maximum absolute atomic E-state index is 13.2. The number of pyridine rings is 1. The van der Waals surface area contributed by atoms with E-state index in [1.165, 1.54) is 0 Å². The quantitative estimate of drug-likeness (QED) is 0.703. The van der Waals surface area contributed by atoms with Crippen molar-refractivity contribution in [3.05, 3.63) is 72.1 Å². The molecule has 1 aromatic heterocycles. The largest absolute Gasteiger partial charge is 0.497 e. The highest BCUT2D eigenvalue weighted by molar-refractivity contribution is 5.92. The van der Waals surface area contributed by atoms with Crippen LogP contribution in [-0.2, 0) is 16.8 Å². The molecule has 4 heteroatoms. The van der Waals surface area contributed by atoms with E-state index >= 15 is 0 Å². The Morgan fingerprint density at radius 1 is 1.15 bits per heavy atom. The molecule has 26 heavy (non-hydrogen) atoms. The highest BCUT2D eigenvalue weighted by Gasteiger charge is 2.52. The van der Waals surface area contributed by atoms with Crippen LogP contribution in [0.15, 0.2) is 60.9 Å². The lowest BCUT2D eigenvalue weighted by molar-refractivity contribution is -0.133. The van der Waals surface area contributed by atoms with Gasteiger partial charge in [-0.1, -0.05) is 30.3 Å². The molecule has 4 rings (SSSR count). The van der Waals surface area contributed by atoms with E-state index in [-0.39, 0.29) is 11.3 Å². The number of amides is 1. The fourth-order valence-corrected chi connectivity index (χ4v) is 3.68. The molecule has 0 spiro atoms. The molecule has 0 bridgehead atoms. The smallest absolute Gasteiger partial charge is 0.233 e. The first kappa shape index (κ1) is 16.6. The Kier molecular flexibility index (Phi) is 4.11. The van der Waals surface area contributed by atoms with Crippen molar-refractivity contribution in [3.63, 3.8) is 0 Å². The minimum Gasteiger partial charge on any atom is -0.497 e. The van der Waals surface area contributed by atoms with Gasteiger partial charge in [0.05, 0.1) is 12.5 Å². The number of nitrogens with zero attached hydrogens (tertiary/aromatic N) is 2. The Morgan fingerprint density at radius 3 is 2.62 bits per heavy atom. The fourth-order valence-electron chi connectivity index (χ4n) is 3.68. The molecule has 1 saturated carbocycles. The lowest BCUT2D eigenvalue weighted by Gasteiger charge is -2.24. The van der Waals surface area contributed by atoms with Gasteiger partial charge in [-0.15, -0.1) is 0 Å². The molecule has 1 amide bonds. The molecule has 0 saturated heterocycles. The Bertz CT molecular complexity index is 941. The number of ether oxygens (including phenoxy) is 1. The minimum absolute atomic E-state index is 0.189. The fraction of sp³-hybridized carbons (Fsp3) is 0.273. The van der Waals surface area contributed by atoms with E-state index in [1.807, 2.05) is 60.6 Å². The summed E-state index contributed by atoms with van der Waals surface area (Å²) in [7, 11) is 3.55. The summed E-state index contributed by atoms with van der Waals surface area (Å²) >= 11 is 0. The van der Waals surface area contributed by atoms with Gasteiger partial charge in [0.15, 0.2) is 0 Å². The summed E-state index contributed by atoms with van der Waals surface area (Å²) < 4.78 is 5.23. The number of carbonyl (C=O) groups excluding carboxylic acids is 1. The molecule has 132 valence electrons. The summed E-state index contributed by atoms with van der Waals surface area (Å²) in [6, 6.07) is 16.1. The summed E-state index contributed by atoms with van der Waals surface area (Å²) in [5, 5.41) is 2.25. The van der Waals surface area contributed by atoms with Gasteiger partial charge in [0, 0.05) is 31.4 Å². The zero-order chi connectivity index (χ0) is 18.1. The van der Waals surface area contributed by atoms with Gasteiger partial charge in [-0.05, 0) is 47.6 Å². The SMILES string of the molecule is COc1ccc(C2(C(=O)N(C)Cc3cccc4cnccc34)CC2)cc1. The summed E-state index contributed by atoms with van der Waals surface area (Å²) in [4.78, 5) is 19.2. The van der Waals surface area contributed by atoms with Gasteiger partial charge in [-0.2, -0.15) is 0 Å². The number of fused-ring (bicyclic) bond motifs is 1. The van der Waals surface area contributed by atoms with Gasteiger partial charge in [0.2, 0.25) is 5.91 Å². The summed E-state index contributed by atoms with van der Waals surface area (Å²) in [6.07, 6.45) is 5.47. The monoisotopic (exact) mass is 346 g/mol. The second kappa shape index (κ2) is 6.45. The first-order valence-electron chi connectivity index (χ1n) is 8.86. The van der Waals surface area contributed by atoms with Crippen LogP contribution < -0.4 is 4.74 Å². The van der Waals surface area contributed by atoms with Crippen LogP contribution in [-0.4, -0.2) is 29.9 Å². The molecule has 0 N–H and O–H groups in total. The van der Waals surface area contributed by atoms with Gasteiger partial charge in [0.1, 0.15) is 5.75 Å². The molecule has 3 aromatic rings. The first-order chi connectivity index (χ1) is 12.6. The lowest BCUT2D eigenvalue weighted by atomic mass is 9.94. The highest BCUT2D eigenvalue weighted by atomic mass is 16.5.